The van der Waals surface area contributed by atoms with Crippen molar-refractivity contribution in [2.24, 2.45) is 0 Å². The van der Waals surface area contributed by atoms with Crippen molar-refractivity contribution in [2.45, 2.75) is 26.3 Å². The third-order valence-corrected chi connectivity index (χ3v) is 5.07. The average Bonchev–Trinajstić information content (AvgIpc) is 2.66. The summed E-state index contributed by atoms with van der Waals surface area (Å²) in [6, 6.07) is 13.2. The Morgan fingerprint density at radius 1 is 1.22 bits per heavy atom. The Morgan fingerprint density at radius 3 is 2.89 bits per heavy atom. The molecule has 4 rings (SSSR count). The van der Waals surface area contributed by atoms with Crippen molar-refractivity contribution in [1.82, 2.24) is 9.55 Å². The number of fused-ring (bicyclic) bond motifs is 2. The fourth-order valence-electron chi connectivity index (χ4n) is 3.64. The molecule has 6 nitrogen and oxygen atoms in total. The predicted molar refractivity (Wildman–Crippen MR) is 107 cm³/mol. The summed E-state index contributed by atoms with van der Waals surface area (Å²) in [6.45, 7) is 2.70. The van der Waals surface area contributed by atoms with Gasteiger partial charge in [0, 0.05) is 25.0 Å². The molecule has 0 saturated carbocycles. The van der Waals surface area contributed by atoms with E-state index in [1.54, 1.807) is 25.1 Å². The minimum atomic E-state index is -0.240. The fourth-order valence-corrected chi connectivity index (χ4v) is 3.64. The van der Waals surface area contributed by atoms with Crippen molar-refractivity contribution in [3.05, 3.63) is 64.2 Å². The van der Waals surface area contributed by atoms with Gasteiger partial charge in [-0.15, -0.1) is 0 Å². The SMILES string of the molecule is Cc1nc2ccccc2c(=O)n1CC(=O)Nc1ccc2c(c1)N(C)CCC2. The highest BCUT2D eigenvalue weighted by Gasteiger charge is 2.15. The van der Waals surface area contributed by atoms with Crippen LogP contribution in [0, 0.1) is 6.92 Å². The Morgan fingerprint density at radius 2 is 2.04 bits per heavy atom. The van der Waals surface area contributed by atoms with Crippen LogP contribution < -0.4 is 15.8 Å². The van der Waals surface area contributed by atoms with E-state index in [1.165, 1.54) is 10.1 Å². The topological polar surface area (TPSA) is 67.2 Å². The minimum Gasteiger partial charge on any atom is -0.374 e. The molecule has 1 amide bonds. The molecule has 0 unspecified atom stereocenters. The van der Waals surface area contributed by atoms with E-state index in [0.717, 1.165) is 30.8 Å². The first-order valence-corrected chi connectivity index (χ1v) is 9.13. The van der Waals surface area contributed by atoms with Crippen molar-refractivity contribution >= 4 is 28.2 Å². The van der Waals surface area contributed by atoms with Gasteiger partial charge >= 0.3 is 0 Å². The molecule has 0 spiro atoms. The zero-order valence-corrected chi connectivity index (χ0v) is 15.5. The van der Waals surface area contributed by atoms with Crippen LogP contribution in [0.25, 0.3) is 10.9 Å². The highest BCUT2D eigenvalue weighted by atomic mass is 16.2. The number of nitrogens with zero attached hydrogens (tertiary/aromatic N) is 3. The van der Waals surface area contributed by atoms with Crippen LogP contribution in [0.1, 0.15) is 17.8 Å². The molecule has 0 fully saturated rings. The number of carbonyl (C=O) groups is 1. The van der Waals surface area contributed by atoms with Crippen LogP contribution in [0.2, 0.25) is 0 Å². The smallest absolute Gasteiger partial charge is 0.261 e. The third kappa shape index (κ3) is 3.30. The summed E-state index contributed by atoms with van der Waals surface area (Å²) in [5, 5.41) is 3.43. The molecule has 0 bridgehead atoms. The van der Waals surface area contributed by atoms with E-state index in [4.69, 9.17) is 0 Å². The van der Waals surface area contributed by atoms with Crippen LogP contribution in [-0.2, 0) is 17.8 Å². The summed E-state index contributed by atoms with van der Waals surface area (Å²) >= 11 is 0. The van der Waals surface area contributed by atoms with E-state index in [1.807, 2.05) is 18.2 Å². The summed E-state index contributed by atoms with van der Waals surface area (Å²) in [6.07, 6.45) is 2.21. The molecule has 1 aliphatic rings. The van der Waals surface area contributed by atoms with Crippen LogP contribution in [0.5, 0.6) is 0 Å². The molecule has 0 radical (unpaired) electrons. The largest absolute Gasteiger partial charge is 0.374 e. The summed E-state index contributed by atoms with van der Waals surface area (Å²) < 4.78 is 1.42. The normalized spacial score (nSPS) is 13.5. The molecule has 6 heteroatoms. The second kappa shape index (κ2) is 6.87. The molecule has 0 aliphatic carbocycles. The van der Waals surface area contributed by atoms with Crippen molar-refractivity contribution < 1.29 is 4.79 Å². The maximum absolute atomic E-state index is 12.7. The van der Waals surface area contributed by atoms with Gasteiger partial charge in [-0.05, 0) is 49.6 Å². The van der Waals surface area contributed by atoms with Gasteiger partial charge in [-0.1, -0.05) is 18.2 Å². The van der Waals surface area contributed by atoms with Gasteiger partial charge in [-0.25, -0.2) is 4.98 Å². The van der Waals surface area contributed by atoms with Crippen molar-refractivity contribution in [3.8, 4) is 0 Å². The van der Waals surface area contributed by atoms with E-state index in [2.05, 4.69) is 28.3 Å². The number of nitrogens with one attached hydrogen (secondary N) is 1. The monoisotopic (exact) mass is 362 g/mol. The minimum absolute atomic E-state index is 0.0601. The Kier molecular flexibility index (Phi) is 4.39. The van der Waals surface area contributed by atoms with Gasteiger partial charge in [0.1, 0.15) is 12.4 Å². The van der Waals surface area contributed by atoms with Gasteiger partial charge in [0.05, 0.1) is 10.9 Å². The second-order valence-corrected chi connectivity index (χ2v) is 6.98. The number of amides is 1. The lowest BCUT2D eigenvalue weighted by Gasteiger charge is -2.28. The van der Waals surface area contributed by atoms with Crippen molar-refractivity contribution in [2.75, 3.05) is 23.8 Å². The molecule has 3 aromatic rings. The Bertz CT molecular complexity index is 1090. The number of para-hydroxylation sites is 1. The van der Waals surface area contributed by atoms with Crippen LogP contribution in [0.3, 0.4) is 0 Å². The number of anilines is 2. The first-order chi connectivity index (χ1) is 13.0. The van der Waals surface area contributed by atoms with E-state index >= 15 is 0 Å². The summed E-state index contributed by atoms with van der Waals surface area (Å²) in [7, 11) is 2.06. The molecular weight excluding hydrogens is 340 g/mol. The number of aromatic nitrogens is 2. The molecule has 1 aliphatic heterocycles. The van der Waals surface area contributed by atoms with Gasteiger partial charge in [0.2, 0.25) is 5.91 Å². The van der Waals surface area contributed by atoms with E-state index in [0.29, 0.717) is 16.7 Å². The molecule has 1 aromatic heterocycles. The van der Waals surface area contributed by atoms with Gasteiger partial charge < -0.3 is 10.2 Å². The maximum Gasteiger partial charge on any atom is 0.261 e. The Labute approximate surface area is 157 Å². The lowest BCUT2D eigenvalue weighted by molar-refractivity contribution is -0.116. The highest BCUT2D eigenvalue weighted by Crippen LogP contribution is 2.28. The summed E-state index contributed by atoms with van der Waals surface area (Å²) in [5.41, 5.74) is 3.65. The number of carbonyl (C=O) groups excluding carboxylic acids is 1. The Hall–Kier alpha value is -3.15. The predicted octanol–water partition coefficient (Wildman–Crippen LogP) is 2.73. The number of aryl methyl sites for hydroxylation is 2. The van der Waals surface area contributed by atoms with E-state index in [9.17, 15) is 9.59 Å². The molecular formula is C21H22N4O2. The molecule has 1 N–H and O–H groups in total. The van der Waals surface area contributed by atoms with Crippen LogP contribution in [0.15, 0.2) is 47.3 Å². The first kappa shape index (κ1) is 17.3. The van der Waals surface area contributed by atoms with Crippen molar-refractivity contribution in [1.29, 1.82) is 0 Å². The fraction of sp³-hybridized carbons (Fsp3) is 0.286. The average molecular weight is 362 g/mol. The number of hydrogen-bond acceptors (Lipinski definition) is 4. The number of rotatable bonds is 3. The summed E-state index contributed by atoms with van der Waals surface area (Å²) in [4.78, 5) is 31.9. The number of benzene rings is 2. The molecule has 138 valence electrons. The molecule has 2 heterocycles. The van der Waals surface area contributed by atoms with Crippen LogP contribution in [-0.4, -0.2) is 29.1 Å². The Balaban J connectivity index is 1.58. The zero-order chi connectivity index (χ0) is 19.0. The highest BCUT2D eigenvalue weighted by molar-refractivity contribution is 5.91. The van der Waals surface area contributed by atoms with Gasteiger partial charge in [0.25, 0.3) is 5.56 Å². The molecule has 0 saturated heterocycles. The molecule has 2 aromatic carbocycles. The van der Waals surface area contributed by atoms with Gasteiger partial charge in [-0.2, -0.15) is 0 Å². The van der Waals surface area contributed by atoms with E-state index < -0.39 is 0 Å². The van der Waals surface area contributed by atoms with Crippen molar-refractivity contribution in [3.63, 3.8) is 0 Å². The first-order valence-electron chi connectivity index (χ1n) is 9.13. The van der Waals surface area contributed by atoms with Gasteiger partial charge in [0.15, 0.2) is 0 Å². The number of hydrogen-bond donors (Lipinski definition) is 1. The third-order valence-electron chi connectivity index (χ3n) is 5.07. The molecule has 27 heavy (non-hydrogen) atoms. The van der Waals surface area contributed by atoms with E-state index in [-0.39, 0.29) is 18.0 Å². The zero-order valence-electron chi connectivity index (χ0n) is 15.5. The van der Waals surface area contributed by atoms with Crippen LogP contribution in [0.4, 0.5) is 11.4 Å². The summed E-state index contributed by atoms with van der Waals surface area (Å²) in [5.74, 6) is 0.287. The van der Waals surface area contributed by atoms with Gasteiger partial charge in [-0.3, -0.25) is 14.2 Å². The second-order valence-electron chi connectivity index (χ2n) is 6.98. The van der Waals surface area contributed by atoms with Crippen LogP contribution >= 0.6 is 0 Å². The lowest BCUT2D eigenvalue weighted by Crippen LogP contribution is -2.30. The lowest BCUT2D eigenvalue weighted by atomic mass is 10.0. The quantitative estimate of drug-likeness (QED) is 0.778. The molecule has 0 atom stereocenters. The standard InChI is InChI=1S/C21H22N4O2/c1-14-22-18-8-4-3-7-17(18)21(27)25(14)13-20(26)23-16-10-9-15-6-5-11-24(2)19(15)12-16/h3-4,7-10,12H,5-6,11,13H2,1-2H3,(H,23,26). The maximum atomic E-state index is 12.7.